The molecule has 0 saturated heterocycles. The van der Waals surface area contributed by atoms with Crippen LogP contribution in [0.3, 0.4) is 0 Å². The van der Waals surface area contributed by atoms with Gasteiger partial charge in [0, 0.05) is 10.5 Å². The average Bonchev–Trinajstić information content (AvgIpc) is 2.26. The van der Waals surface area contributed by atoms with Gasteiger partial charge in [-0.25, -0.2) is 4.79 Å². The van der Waals surface area contributed by atoms with Crippen LogP contribution in [0.5, 0.6) is 0 Å². The number of benzene rings is 1. The van der Waals surface area contributed by atoms with Crippen molar-refractivity contribution in [2.75, 3.05) is 0 Å². The third kappa shape index (κ3) is 3.81. The molecule has 0 aliphatic rings. The Morgan fingerprint density at radius 1 is 1.33 bits per heavy atom. The zero-order valence-electron chi connectivity index (χ0n) is 10.5. The monoisotopic (exact) mass is 252 g/mol. The van der Waals surface area contributed by atoms with Gasteiger partial charge in [0.25, 0.3) is 6.17 Å². The van der Waals surface area contributed by atoms with Crippen molar-refractivity contribution in [2.24, 2.45) is 5.73 Å². The maximum atomic E-state index is 11.7. The van der Waals surface area contributed by atoms with Crippen molar-refractivity contribution in [2.45, 2.75) is 32.5 Å². The first kappa shape index (κ1) is 14.1. The Bertz CT molecular complexity index is 448. The molecule has 0 aromatic heterocycles. The fourth-order valence-corrected chi connectivity index (χ4v) is 1.28. The summed E-state index contributed by atoms with van der Waals surface area (Å²) < 4.78 is 5.17. The largest absolute Gasteiger partial charge is 0.456 e. The van der Waals surface area contributed by atoms with Crippen molar-refractivity contribution >= 4 is 5.97 Å². The van der Waals surface area contributed by atoms with E-state index >= 15 is 0 Å². The molecule has 1 unspecified atom stereocenters. The number of carbonyl (C=O) groups excluding carboxylic acids is 1. The van der Waals surface area contributed by atoms with Gasteiger partial charge in [0.15, 0.2) is 0 Å². The van der Waals surface area contributed by atoms with Crippen LogP contribution in [-0.2, 0) is 4.74 Å². The van der Waals surface area contributed by atoms with Crippen molar-refractivity contribution in [3.63, 3.8) is 0 Å². The number of hydrogen-bond donors (Lipinski definition) is 1. The molecule has 0 heterocycles. The van der Waals surface area contributed by atoms with Crippen molar-refractivity contribution in [1.29, 1.82) is 0 Å². The predicted molar refractivity (Wildman–Crippen MR) is 65.5 cm³/mol. The summed E-state index contributed by atoms with van der Waals surface area (Å²) >= 11 is 0. The van der Waals surface area contributed by atoms with E-state index in [9.17, 15) is 14.9 Å². The number of hydrogen-bond acceptors (Lipinski definition) is 5. The van der Waals surface area contributed by atoms with Gasteiger partial charge in [-0.15, -0.1) is 0 Å². The zero-order valence-corrected chi connectivity index (χ0v) is 10.5. The molecule has 1 rings (SSSR count). The summed E-state index contributed by atoms with van der Waals surface area (Å²) in [6, 6.07) is 5.83. The Balaban J connectivity index is 2.83. The molecule has 0 radical (unpaired) electrons. The van der Waals surface area contributed by atoms with Crippen LogP contribution in [0.4, 0.5) is 0 Å². The normalized spacial score (nSPS) is 12.9. The molecule has 0 saturated carbocycles. The van der Waals surface area contributed by atoms with Gasteiger partial charge in [-0.1, -0.05) is 0 Å². The summed E-state index contributed by atoms with van der Waals surface area (Å²) in [6.07, 6.45) is -1.28. The van der Waals surface area contributed by atoms with Crippen LogP contribution in [0.2, 0.25) is 0 Å². The summed E-state index contributed by atoms with van der Waals surface area (Å²) in [5, 5.41) is 10.5. The molecular formula is C12H16N2O4. The molecular weight excluding hydrogens is 236 g/mol. The van der Waals surface area contributed by atoms with Gasteiger partial charge in [0.1, 0.15) is 5.60 Å². The summed E-state index contributed by atoms with van der Waals surface area (Å²) in [5.74, 6) is -0.469. The molecule has 18 heavy (non-hydrogen) atoms. The summed E-state index contributed by atoms with van der Waals surface area (Å²) in [6.45, 7) is 5.30. The van der Waals surface area contributed by atoms with Crippen LogP contribution >= 0.6 is 0 Å². The van der Waals surface area contributed by atoms with Gasteiger partial charge in [-0.3, -0.25) is 15.8 Å². The van der Waals surface area contributed by atoms with Gasteiger partial charge in [-0.2, -0.15) is 0 Å². The van der Waals surface area contributed by atoms with Crippen LogP contribution < -0.4 is 5.73 Å². The average molecular weight is 252 g/mol. The highest BCUT2D eigenvalue weighted by molar-refractivity contribution is 5.89. The second-order valence-corrected chi connectivity index (χ2v) is 4.85. The van der Waals surface area contributed by atoms with Crippen molar-refractivity contribution in [3.8, 4) is 0 Å². The smallest absolute Gasteiger partial charge is 0.338 e. The van der Waals surface area contributed by atoms with Crippen LogP contribution in [0.25, 0.3) is 0 Å². The van der Waals surface area contributed by atoms with E-state index < -0.39 is 22.7 Å². The maximum absolute atomic E-state index is 11.7. The highest BCUT2D eigenvalue weighted by Gasteiger charge is 2.20. The minimum Gasteiger partial charge on any atom is -0.456 e. The molecule has 6 heteroatoms. The number of nitrogens with two attached hydrogens (primary N) is 1. The summed E-state index contributed by atoms with van der Waals surface area (Å²) in [4.78, 5) is 21.6. The SMILES string of the molecule is CC(C)(C)OC(=O)c1ccc(C(N)[N+](=O)[O-])cc1. The number of rotatable bonds is 3. The van der Waals surface area contributed by atoms with Gasteiger partial charge in [0.05, 0.1) is 5.56 Å². The van der Waals surface area contributed by atoms with Crippen molar-refractivity contribution < 1.29 is 14.5 Å². The molecule has 0 spiro atoms. The number of esters is 1. The van der Waals surface area contributed by atoms with E-state index in [1.165, 1.54) is 24.3 Å². The van der Waals surface area contributed by atoms with E-state index in [1.807, 2.05) is 0 Å². The van der Waals surface area contributed by atoms with Gasteiger partial charge in [0.2, 0.25) is 0 Å². The predicted octanol–water partition coefficient (Wildman–Crippen LogP) is 1.88. The van der Waals surface area contributed by atoms with E-state index in [4.69, 9.17) is 10.5 Å². The minimum atomic E-state index is -1.28. The van der Waals surface area contributed by atoms with E-state index in [-0.39, 0.29) is 0 Å². The lowest BCUT2D eigenvalue weighted by Gasteiger charge is -2.19. The first-order valence-electron chi connectivity index (χ1n) is 5.43. The molecule has 0 aliphatic heterocycles. The van der Waals surface area contributed by atoms with E-state index in [0.717, 1.165) is 0 Å². The highest BCUT2D eigenvalue weighted by atomic mass is 16.6. The van der Waals surface area contributed by atoms with Gasteiger partial charge in [-0.05, 0) is 45.0 Å². The Hall–Kier alpha value is -1.95. The third-order valence-corrected chi connectivity index (χ3v) is 2.11. The quantitative estimate of drug-likeness (QED) is 0.383. The van der Waals surface area contributed by atoms with Gasteiger partial charge < -0.3 is 4.74 Å². The topological polar surface area (TPSA) is 95.5 Å². The molecule has 2 N–H and O–H groups in total. The first-order valence-corrected chi connectivity index (χ1v) is 5.43. The fourth-order valence-electron chi connectivity index (χ4n) is 1.28. The Morgan fingerprint density at radius 2 is 1.83 bits per heavy atom. The van der Waals surface area contributed by atoms with Crippen LogP contribution in [0.15, 0.2) is 24.3 Å². The lowest BCUT2D eigenvalue weighted by Crippen LogP contribution is -2.24. The lowest BCUT2D eigenvalue weighted by molar-refractivity contribution is -0.527. The van der Waals surface area contributed by atoms with Crippen LogP contribution in [0, 0.1) is 10.1 Å². The molecule has 1 aromatic rings. The number of ether oxygens (including phenoxy) is 1. The fraction of sp³-hybridized carbons (Fsp3) is 0.417. The van der Waals surface area contributed by atoms with E-state index in [0.29, 0.717) is 11.1 Å². The minimum absolute atomic E-state index is 0.337. The number of carbonyl (C=O) groups is 1. The van der Waals surface area contributed by atoms with Gasteiger partial charge >= 0.3 is 5.97 Å². The van der Waals surface area contributed by atoms with Crippen molar-refractivity contribution in [3.05, 3.63) is 45.5 Å². The Labute approximate surface area is 105 Å². The maximum Gasteiger partial charge on any atom is 0.338 e. The molecule has 6 nitrogen and oxygen atoms in total. The van der Waals surface area contributed by atoms with Crippen LogP contribution in [0.1, 0.15) is 42.9 Å². The first-order chi connectivity index (χ1) is 8.20. The summed E-state index contributed by atoms with van der Waals surface area (Å²) in [5.41, 5.74) is 5.45. The summed E-state index contributed by atoms with van der Waals surface area (Å²) in [7, 11) is 0. The number of nitro groups is 1. The lowest BCUT2D eigenvalue weighted by atomic mass is 10.1. The highest BCUT2D eigenvalue weighted by Crippen LogP contribution is 2.15. The third-order valence-electron chi connectivity index (χ3n) is 2.11. The molecule has 98 valence electrons. The van der Waals surface area contributed by atoms with Crippen LogP contribution in [-0.4, -0.2) is 16.5 Å². The molecule has 1 atom stereocenters. The van der Waals surface area contributed by atoms with E-state index in [1.54, 1.807) is 20.8 Å². The van der Waals surface area contributed by atoms with Crippen molar-refractivity contribution in [1.82, 2.24) is 0 Å². The Kier molecular flexibility index (Phi) is 4.03. The zero-order chi connectivity index (χ0) is 13.9. The molecule has 1 aromatic carbocycles. The second-order valence-electron chi connectivity index (χ2n) is 4.85. The molecule has 0 aliphatic carbocycles. The Morgan fingerprint density at radius 3 is 2.22 bits per heavy atom. The standard InChI is InChI=1S/C12H16N2O4/c1-12(2,3)18-11(15)9-6-4-8(5-7-9)10(13)14(16)17/h4-7,10H,13H2,1-3H3. The molecule has 0 fully saturated rings. The molecule has 0 amide bonds. The molecule has 0 bridgehead atoms. The second kappa shape index (κ2) is 5.14. The number of nitrogens with zero attached hydrogens (tertiary/aromatic N) is 1. The van der Waals surface area contributed by atoms with E-state index in [2.05, 4.69) is 0 Å².